The van der Waals surface area contributed by atoms with Crippen molar-refractivity contribution in [1.29, 1.82) is 0 Å². The Hall–Kier alpha value is -1.21. The lowest BCUT2D eigenvalue weighted by Gasteiger charge is -2.09. The first-order valence-electron chi connectivity index (χ1n) is 5.31. The molecule has 0 radical (unpaired) electrons. The standard InChI is InChI=1S/C10H15BrN4O2/c1-7-8(15(16)17)6-14-10(9(7)11)13-5-3-2-4-12/h6H,2-5,12H2,1H3,(H,13,14). The Morgan fingerprint density at radius 3 is 2.88 bits per heavy atom. The van der Waals surface area contributed by atoms with Crippen molar-refractivity contribution in [1.82, 2.24) is 4.98 Å². The third-order valence-electron chi connectivity index (χ3n) is 2.36. The van der Waals surface area contributed by atoms with E-state index in [0.717, 1.165) is 19.4 Å². The van der Waals surface area contributed by atoms with Crippen LogP contribution in [0.2, 0.25) is 0 Å². The van der Waals surface area contributed by atoms with E-state index in [-0.39, 0.29) is 5.69 Å². The highest BCUT2D eigenvalue weighted by molar-refractivity contribution is 9.10. The molecule has 0 saturated heterocycles. The van der Waals surface area contributed by atoms with Gasteiger partial charge in [-0.05, 0) is 42.2 Å². The monoisotopic (exact) mass is 302 g/mol. The van der Waals surface area contributed by atoms with Gasteiger partial charge in [0.1, 0.15) is 12.0 Å². The molecule has 94 valence electrons. The normalized spacial score (nSPS) is 10.3. The summed E-state index contributed by atoms with van der Waals surface area (Å²) >= 11 is 3.31. The average Bonchev–Trinajstić information content (AvgIpc) is 2.29. The summed E-state index contributed by atoms with van der Waals surface area (Å²) in [6.45, 7) is 3.10. The molecule has 7 heteroatoms. The summed E-state index contributed by atoms with van der Waals surface area (Å²) in [6.07, 6.45) is 3.16. The second kappa shape index (κ2) is 6.51. The summed E-state index contributed by atoms with van der Waals surface area (Å²) in [4.78, 5) is 14.3. The van der Waals surface area contributed by atoms with E-state index >= 15 is 0 Å². The Morgan fingerprint density at radius 1 is 1.59 bits per heavy atom. The van der Waals surface area contributed by atoms with Gasteiger partial charge in [-0.25, -0.2) is 4.98 Å². The van der Waals surface area contributed by atoms with Crippen LogP contribution in [0.1, 0.15) is 18.4 Å². The summed E-state index contributed by atoms with van der Waals surface area (Å²) in [7, 11) is 0. The summed E-state index contributed by atoms with van der Waals surface area (Å²) in [5.74, 6) is 0.630. The number of hydrogen-bond acceptors (Lipinski definition) is 5. The molecule has 1 aromatic rings. The maximum absolute atomic E-state index is 10.7. The third-order valence-corrected chi connectivity index (χ3v) is 3.33. The van der Waals surface area contributed by atoms with Crippen LogP contribution in [-0.4, -0.2) is 23.0 Å². The number of aromatic nitrogens is 1. The van der Waals surface area contributed by atoms with E-state index in [1.807, 2.05) is 0 Å². The molecule has 0 amide bonds. The first-order valence-corrected chi connectivity index (χ1v) is 6.10. The lowest BCUT2D eigenvalue weighted by atomic mass is 10.2. The molecule has 0 fully saturated rings. The molecule has 6 nitrogen and oxygen atoms in total. The molecule has 1 rings (SSSR count). The van der Waals surface area contributed by atoms with Gasteiger partial charge in [0.25, 0.3) is 5.69 Å². The summed E-state index contributed by atoms with van der Waals surface area (Å²) in [5.41, 5.74) is 5.98. The van der Waals surface area contributed by atoms with E-state index in [1.165, 1.54) is 6.20 Å². The molecule has 1 aromatic heterocycles. The molecular weight excluding hydrogens is 288 g/mol. The molecule has 0 unspecified atom stereocenters. The van der Waals surface area contributed by atoms with Crippen molar-refractivity contribution in [2.75, 3.05) is 18.4 Å². The highest BCUT2D eigenvalue weighted by Crippen LogP contribution is 2.30. The fourth-order valence-corrected chi connectivity index (χ4v) is 1.80. The molecule has 0 aliphatic carbocycles. The first kappa shape index (κ1) is 13.9. The highest BCUT2D eigenvalue weighted by Gasteiger charge is 2.16. The summed E-state index contributed by atoms with van der Waals surface area (Å²) in [6, 6.07) is 0. The lowest BCUT2D eigenvalue weighted by Crippen LogP contribution is -2.08. The molecule has 1 heterocycles. The van der Waals surface area contributed by atoms with Crippen molar-refractivity contribution >= 4 is 27.4 Å². The molecule has 0 saturated carbocycles. The zero-order valence-electron chi connectivity index (χ0n) is 9.57. The van der Waals surface area contributed by atoms with Crippen LogP contribution in [0, 0.1) is 17.0 Å². The first-order chi connectivity index (χ1) is 8.07. The number of pyridine rings is 1. The number of rotatable bonds is 6. The predicted molar refractivity (Wildman–Crippen MR) is 70.1 cm³/mol. The molecule has 0 aromatic carbocycles. The number of nitrogens with one attached hydrogen (secondary N) is 1. The summed E-state index contributed by atoms with van der Waals surface area (Å²) in [5, 5.41) is 13.8. The van der Waals surface area contributed by atoms with Crippen molar-refractivity contribution in [3.8, 4) is 0 Å². The van der Waals surface area contributed by atoms with Gasteiger partial charge in [0.2, 0.25) is 0 Å². The topological polar surface area (TPSA) is 94.1 Å². The smallest absolute Gasteiger partial charge is 0.291 e. The lowest BCUT2D eigenvalue weighted by molar-refractivity contribution is -0.385. The van der Waals surface area contributed by atoms with E-state index in [9.17, 15) is 10.1 Å². The van der Waals surface area contributed by atoms with Crippen LogP contribution in [0.15, 0.2) is 10.7 Å². The maximum atomic E-state index is 10.7. The zero-order valence-corrected chi connectivity index (χ0v) is 11.2. The quantitative estimate of drug-likeness (QED) is 0.477. The third kappa shape index (κ3) is 3.64. The van der Waals surface area contributed by atoms with E-state index in [0.29, 0.717) is 22.4 Å². The Balaban J connectivity index is 2.75. The van der Waals surface area contributed by atoms with E-state index < -0.39 is 4.92 Å². The predicted octanol–water partition coefficient (Wildman–Crippen LogP) is 2.21. The molecule has 0 spiro atoms. The van der Waals surface area contributed by atoms with E-state index in [1.54, 1.807) is 6.92 Å². The minimum absolute atomic E-state index is 0.0179. The molecule has 17 heavy (non-hydrogen) atoms. The minimum atomic E-state index is -0.439. The Morgan fingerprint density at radius 2 is 2.29 bits per heavy atom. The molecule has 3 N–H and O–H groups in total. The van der Waals surface area contributed by atoms with Crippen LogP contribution < -0.4 is 11.1 Å². The average molecular weight is 303 g/mol. The van der Waals surface area contributed by atoms with Crippen LogP contribution in [-0.2, 0) is 0 Å². The number of nitrogens with two attached hydrogens (primary N) is 1. The van der Waals surface area contributed by atoms with Crippen molar-refractivity contribution < 1.29 is 4.92 Å². The second-order valence-corrected chi connectivity index (χ2v) is 4.40. The minimum Gasteiger partial charge on any atom is -0.369 e. The molecule has 0 bridgehead atoms. The number of halogens is 1. The molecule has 0 atom stereocenters. The van der Waals surface area contributed by atoms with Crippen molar-refractivity contribution in [2.45, 2.75) is 19.8 Å². The number of hydrogen-bond donors (Lipinski definition) is 2. The number of nitrogens with zero attached hydrogens (tertiary/aromatic N) is 2. The fraction of sp³-hybridized carbons (Fsp3) is 0.500. The van der Waals surface area contributed by atoms with Crippen molar-refractivity contribution in [2.24, 2.45) is 5.73 Å². The van der Waals surface area contributed by atoms with Gasteiger partial charge in [0.15, 0.2) is 0 Å². The van der Waals surface area contributed by atoms with Crippen LogP contribution in [0.25, 0.3) is 0 Å². The number of anilines is 1. The number of unbranched alkanes of at least 4 members (excludes halogenated alkanes) is 1. The summed E-state index contributed by atoms with van der Waals surface area (Å²) < 4.78 is 0.638. The van der Waals surface area contributed by atoms with Gasteiger partial charge >= 0.3 is 0 Å². The zero-order chi connectivity index (χ0) is 12.8. The Labute approximate surface area is 108 Å². The second-order valence-electron chi connectivity index (χ2n) is 3.61. The van der Waals surface area contributed by atoms with Crippen molar-refractivity contribution in [3.05, 3.63) is 26.3 Å². The highest BCUT2D eigenvalue weighted by atomic mass is 79.9. The largest absolute Gasteiger partial charge is 0.369 e. The van der Waals surface area contributed by atoms with E-state index in [4.69, 9.17) is 5.73 Å². The van der Waals surface area contributed by atoms with Crippen LogP contribution in [0.3, 0.4) is 0 Å². The fourth-order valence-electron chi connectivity index (χ4n) is 1.35. The van der Waals surface area contributed by atoms with Crippen molar-refractivity contribution in [3.63, 3.8) is 0 Å². The van der Waals surface area contributed by atoms with Gasteiger partial charge in [0, 0.05) is 12.1 Å². The van der Waals surface area contributed by atoms with Crippen LogP contribution in [0.5, 0.6) is 0 Å². The van der Waals surface area contributed by atoms with Crippen LogP contribution in [0.4, 0.5) is 11.5 Å². The molecular formula is C10H15BrN4O2. The van der Waals surface area contributed by atoms with Crippen LogP contribution >= 0.6 is 15.9 Å². The van der Waals surface area contributed by atoms with Gasteiger partial charge < -0.3 is 11.1 Å². The maximum Gasteiger partial charge on any atom is 0.291 e. The van der Waals surface area contributed by atoms with Gasteiger partial charge in [-0.1, -0.05) is 0 Å². The SMILES string of the molecule is Cc1c([N+](=O)[O-])cnc(NCCCCN)c1Br. The number of nitro groups is 1. The van der Waals surface area contributed by atoms with Gasteiger partial charge in [-0.2, -0.15) is 0 Å². The van der Waals surface area contributed by atoms with E-state index in [2.05, 4.69) is 26.2 Å². The van der Waals surface area contributed by atoms with Gasteiger partial charge in [-0.15, -0.1) is 0 Å². The van der Waals surface area contributed by atoms with Gasteiger partial charge in [0.05, 0.1) is 9.40 Å². The molecule has 0 aliphatic rings. The van der Waals surface area contributed by atoms with Gasteiger partial charge in [-0.3, -0.25) is 10.1 Å². The Bertz CT molecular complexity index is 412. The molecule has 0 aliphatic heterocycles. The Kier molecular flexibility index (Phi) is 5.30.